The Kier molecular flexibility index (Phi) is 2.69. The van der Waals surface area contributed by atoms with E-state index in [4.69, 9.17) is 4.74 Å². The monoisotopic (exact) mass is 302 g/mol. The van der Waals surface area contributed by atoms with Gasteiger partial charge in [0.2, 0.25) is 0 Å². The van der Waals surface area contributed by atoms with E-state index in [1.165, 1.54) is 11.3 Å². The molecule has 0 saturated carbocycles. The predicted molar refractivity (Wildman–Crippen MR) is 71.0 cm³/mol. The number of hydrogen-bond acceptors (Lipinski definition) is 3. The third-order valence-electron chi connectivity index (χ3n) is 2.75. The molecule has 2 atom stereocenters. The SMILES string of the molecule is BrC1CSC2(CCOc3ccccc32)S1. The number of rotatable bonds is 0. The first-order valence-corrected chi connectivity index (χ1v) is 7.76. The van der Waals surface area contributed by atoms with Gasteiger partial charge in [-0.2, -0.15) is 0 Å². The molecule has 0 radical (unpaired) electrons. The van der Waals surface area contributed by atoms with E-state index in [2.05, 4.69) is 45.9 Å². The molecule has 2 aliphatic rings. The van der Waals surface area contributed by atoms with E-state index in [0.29, 0.717) is 4.16 Å². The van der Waals surface area contributed by atoms with E-state index in [-0.39, 0.29) is 4.08 Å². The third kappa shape index (κ3) is 1.71. The Morgan fingerprint density at radius 3 is 3.07 bits per heavy atom. The van der Waals surface area contributed by atoms with Crippen LogP contribution in [0.15, 0.2) is 24.3 Å². The van der Waals surface area contributed by atoms with E-state index in [1.807, 2.05) is 17.8 Å². The van der Waals surface area contributed by atoms with Gasteiger partial charge in [0.15, 0.2) is 0 Å². The van der Waals surface area contributed by atoms with Crippen molar-refractivity contribution >= 4 is 39.5 Å². The smallest absolute Gasteiger partial charge is 0.124 e. The molecule has 0 bridgehead atoms. The largest absolute Gasteiger partial charge is 0.493 e. The minimum absolute atomic E-state index is 0.239. The number of alkyl halides is 1. The molecule has 4 heteroatoms. The second-order valence-electron chi connectivity index (χ2n) is 3.69. The summed E-state index contributed by atoms with van der Waals surface area (Å²) in [5, 5.41) is 0. The zero-order chi connectivity index (χ0) is 10.3. The van der Waals surface area contributed by atoms with E-state index < -0.39 is 0 Å². The number of benzene rings is 1. The van der Waals surface area contributed by atoms with Crippen LogP contribution in [0.2, 0.25) is 0 Å². The Morgan fingerprint density at radius 2 is 2.27 bits per heavy atom. The van der Waals surface area contributed by atoms with Crippen LogP contribution >= 0.6 is 39.5 Å². The fourth-order valence-electron chi connectivity index (χ4n) is 2.08. The second kappa shape index (κ2) is 3.90. The first-order chi connectivity index (χ1) is 7.30. The number of thioether (sulfide) groups is 2. The van der Waals surface area contributed by atoms with E-state index in [0.717, 1.165) is 18.8 Å². The Balaban J connectivity index is 2.06. The molecule has 2 unspecified atom stereocenters. The molecule has 1 fully saturated rings. The highest BCUT2D eigenvalue weighted by Gasteiger charge is 2.44. The Hall–Kier alpha value is 0.200. The van der Waals surface area contributed by atoms with Crippen LogP contribution in [0.4, 0.5) is 0 Å². The Labute approximate surface area is 106 Å². The highest BCUT2D eigenvalue weighted by Crippen LogP contribution is 2.61. The van der Waals surface area contributed by atoms with Gasteiger partial charge < -0.3 is 4.74 Å². The quantitative estimate of drug-likeness (QED) is 0.674. The summed E-state index contributed by atoms with van der Waals surface area (Å²) in [6.45, 7) is 0.844. The lowest BCUT2D eigenvalue weighted by molar-refractivity contribution is 0.280. The van der Waals surface area contributed by atoms with Crippen LogP contribution in [-0.4, -0.2) is 16.5 Å². The van der Waals surface area contributed by atoms with Crippen LogP contribution in [-0.2, 0) is 4.08 Å². The van der Waals surface area contributed by atoms with Gasteiger partial charge in [-0.25, -0.2) is 0 Å². The molecule has 0 aromatic heterocycles. The molecule has 0 aliphatic carbocycles. The number of fused-ring (bicyclic) bond motifs is 2. The maximum absolute atomic E-state index is 5.70. The topological polar surface area (TPSA) is 9.23 Å². The highest BCUT2D eigenvalue weighted by molar-refractivity contribution is 9.11. The van der Waals surface area contributed by atoms with Crippen LogP contribution < -0.4 is 4.74 Å². The summed E-state index contributed by atoms with van der Waals surface area (Å²) in [6, 6.07) is 8.45. The summed E-state index contributed by atoms with van der Waals surface area (Å²) in [4.78, 5) is 0. The van der Waals surface area contributed by atoms with Gasteiger partial charge in [0.05, 0.1) is 14.8 Å². The summed E-state index contributed by atoms with van der Waals surface area (Å²) >= 11 is 7.79. The number of hydrogen-bond donors (Lipinski definition) is 0. The predicted octanol–water partition coefficient (Wildman–Crippen LogP) is 3.82. The molecule has 1 saturated heterocycles. The zero-order valence-corrected chi connectivity index (χ0v) is 11.3. The Bertz CT molecular complexity index is 385. The first-order valence-electron chi connectivity index (χ1n) is 4.98. The molecule has 15 heavy (non-hydrogen) atoms. The normalized spacial score (nSPS) is 33.8. The molecule has 1 aromatic carbocycles. The molecule has 1 aromatic rings. The molecule has 2 heterocycles. The van der Waals surface area contributed by atoms with E-state index in [9.17, 15) is 0 Å². The zero-order valence-electron chi connectivity index (χ0n) is 8.11. The number of para-hydroxylation sites is 1. The van der Waals surface area contributed by atoms with Crippen molar-refractivity contribution in [2.45, 2.75) is 14.7 Å². The third-order valence-corrected chi connectivity index (χ3v) is 7.54. The van der Waals surface area contributed by atoms with Gasteiger partial charge in [0.1, 0.15) is 5.75 Å². The Morgan fingerprint density at radius 1 is 1.40 bits per heavy atom. The summed E-state index contributed by atoms with van der Waals surface area (Å²) in [5.74, 6) is 2.25. The van der Waals surface area contributed by atoms with Gasteiger partial charge in [-0.05, 0) is 6.07 Å². The molecule has 80 valence electrons. The van der Waals surface area contributed by atoms with Crippen molar-refractivity contribution in [1.82, 2.24) is 0 Å². The summed E-state index contributed by atoms with van der Waals surface area (Å²) in [6.07, 6.45) is 1.11. The minimum Gasteiger partial charge on any atom is -0.493 e. The lowest BCUT2D eigenvalue weighted by Gasteiger charge is -2.33. The molecule has 0 N–H and O–H groups in total. The molecule has 1 nitrogen and oxygen atoms in total. The van der Waals surface area contributed by atoms with Gasteiger partial charge in [-0.15, -0.1) is 23.5 Å². The number of ether oxygens (including phenoxy) is 1. The summed E-state index contributed by atoms with van der Waals surface area (Å²) < 4.78 is 6.52. The van der Waals surface area contributed by atoms with Gasteiger partial charge in [-0.1, -0.05) is 34.1 Å². The van der Waals surface area contributed by atoms with Gasteiger partial charge in [0.25, 0.3) is 0 Å². The van der Waals surface area contributed by atoms with Crippen LogP contribution in [0.5, 0.6) is 5.75 Å². The van der Waals surface area contributed by atoms with Crippen molar-refractivity contribution in [2.24, 2.45) is 0 Å². The second-order valence-corrected chi connectivity index (χ2v) is 8.48. The van der Waals surface area contributed by atoms with Gasteiger partial charge >= 0.3 is 0 Å². The average molecular weight is 303 g/mol. The average Bonchev–Trinajstić information content (AvgIpc) is 2.62. The summed E-state index contributed by atoms with van der Waals surface area (Å²) in [7, 11) is 0. The first kappa shape index (κ1) is 10.4. The van der Waals surface area contributed by atoms with E-state index >= 15 is 0 Å². The van der Waals surface area contributed by atoms with Crippen molar-refractivity contribution in [3.05, 3.63) is 29.8 Å². The van der Waals surface area contributed by atoms with Crippen LogP contribution in [0.25, 0.3) is 0 Å². The van der Waals surface area contributed by atoms with Crippen molar-refractivity contribution < 1.29 is 4.74 Å². The van der Waals surface area contributed by atoms with Gasteiger partial charge in [0, 0.05) is 17.7 Å². The molecular formula is C11H11BrOS2. The van der Waals surface area contributed by atoms with Crippen LogP contribution in [0.3, 0.4) is 0 Å². The van der Waals surface area contributed by atoms with Crippen molar-refractivity contribution in [2.75, 3.05) is 12.4 Å². The molecule has 0 amide bonds. The maximum atomic E-state index is 5.70. The lowest BCUT2D eigenvalue weighted by Crippen LogP contribution is -2.24. The maximum Gasteiger partial charge on any atom is 0.124 e. The van der Waals surface area contributed by atoms with Crippen LogP contribution in [0, 0.1) is 0 Å². The van der Waals surface area contributed by atoms with Crippen molar-refractivity contribution in [1.29, 1.82) is 0 Å². The fraction of sp³-hybridized carbons (Fsp3) is 0.455. The minimum atomic E-state index is 0.239. The molecule has 2 aliphatic heterocycles. The van der Waals surface area contributed by atoms with Gasteiger partial charge in [-0.3, -0.25) is 0 Å². The fourth-order valence-corrected chi connectivity index (χ4v) is 6.97. The molecule has 1 spiro atoms. The molecule has 3 rings (SSSR count). The van der Waals surface area contributed by atoms with E-state index in [1.54, 1.807) is 0 Å². The standard InChI is InChI=1S/C11H11BrOS2/c12-10-7-14-11(15-10)5-6-13-9-4-2-1-3-8(9)11/h1-4,10H,5-7H2. The molecular weight excluding hydrogens is 292 g/mol. The van der Waals surface area contributed by atoms with Crippen molar-refractivity contribution in [3.8, 4) is 5.75 Å². The highest BCUT2D eigenvalue weighted by atomic mass is 79.9. The van der Waals surface area contributed by atoms with Crippen molar-refractivity contribution in [3.63, 3.8) is 0 Å². The summed E-state index contributed by atoms with van der Waals surface area (Å²) in [5.41, 5.74) is 1.37. The number of halogens is 1. The lowest BCUT2D eigenvalue weighted by atomic mass is 10.1. The van der Waals surface area contributed by atoms with Crippen LogP contribution in [0.1, 0.15) is 12.0 Å².